The highest BCUT2D eigenvalue weighted by Crippen LogP contribution is 2.46. The van der Waals surface area contributed by atoms with Crippen LogP contribution in [0.25, 0.3) is 22.4 Å². The molecule has 0 radical (unpaired) electrons. The number of halogens is 2. The number of hydrogen-bond donors (Lipinski definition) is 1. The van der Waals surface area contributed by atoms with E-state index in [2.05, 4.69) is 15.5 Å². The summed E-state index contributed by atoms with van der Waals surface area (Å²) in [5.74, 6) is 0.705. The van der Waals surface area contributed by atoms with Crippen molar-refractivity contribution in [1.82, 2.24) is 15.0 Å². The number of aromatic nitrogens is 2. The fourth-order valence-corrected chi connectivity index (χ4v) is 7.24. The van der Waals surface area contributed by atoms with Crippen molar-refractivity contribution in [2.45, 2.75) is 69.2 Å². The van der Waals surface area contributed by atoms with Crippen LogP contribution < -0.4 is 5.32 Å². The molecule has 9 nitrogen and oxygen atoms in total. The smallest absolute Gasteiger partial charge is 0.337 e. The Balaban J connectivity index is 1.06. The van der Waals surface area contributed by atoms with Crippen LogP contribution in [-0.2, 0) is 16.1 Å². The molecule has 3 aliphatic rings. The van der Waals surface area contributed by atoms with E-state index in [0.717, 1.165) is 61.0 Å². The first-order valence-electron chi connectivity index (χ1n) is 15.2. The molecule has 7 rings (SSSR count). The summed E-state index contributed by atoms with van der Waals surface area (Å²) in [6, 6.07) is 14.2. The Morgan fingerprint density at radius 2 is 1.76 bits per heavy atom. The second kappa shape index (κ2) is 12.5. The minimum atomic E-state index is -0.480. The summed E-state index contributed by atoms with van der Waals surface area (Å²) in [4.78, 5) is 32.2. The number of fused-ring (bicyclic) bond motifs is 2. The number of nitrogens with zero attached hydrogens (tertiary/aromatic N) is 3. The molecule has 3 atom stereocenters. The van der Waals surface area contributed by atoms with Gasteiger partial charge >= 0.3 is 12.0 Å². The lowest BCUT2D eigenvalue weighted by molar-refractivity contribution is -0.0158. The third kappa shape index (κ3) is 6.04. The molecule has 2 aromatic carbocycles. The minimum absolute atomic E-state index is 0.0251. The molecule has 45 heavy (non-hydrogen) atoms. The maximum atomic E-state index is 13.7. The molecule has 4 aromatic rings. The SMILES string of the molecule is COC(=O)c1cc(NC(=O)N2C3CC[C@H]2CC(OCc2c(-c4c(Cl)cccc4Cl)noc2C2CC2)C3)cc(-c2cccnc2)c1. The Hall–Kier alpha value is -3.92. The molecule has 11 heteroatoms. The van der Waals surface area contributed by atoms with Gasteiger partial charge in [0.2, 0.25) is 0 Å². The first kappa shape index (κ1) is 29.8. The molecular formula is C34H32Cl2N4O5. The van der Waals surface area contributed by atoms with E-state index in [0.29, 0.717) is 45.1 Å². The first-order chi connectivity index (χ1) is 21.9. The van der Waals surface area contributed by atoms with Crippen molar-refractivity contribution in [3.8, 4) is 22.4 Å². The van der Waals surface area contributed by atoms with Crippen molar-refractivity contribution >= 4 is 40.9 Å². The molecule has 3 fully saturated rings. The van der Waals surface area contributed by atoms with Crippen molar-refractivity contribution in [2.75, 3.05) is 12.4 Å². The Bertz CT molecular complexity index is 1710. The Labute approximate surface area is 270 Å². The molecule has 1 saturated carbocycles. The van der Waals surface area contributed by atoms with Gasteiger partial charge in [-0.1, -0.05) is 40.5 Å². The lowest BCUT2D eigenvalue weighted by Crippen LogP contribution is -2.50. The summed E-state index contributed by atoms with van der Waals surface area (Å²) in [6.07, 6.45) is 8.74. The van der Waals surface area contributed by atoms with E-state index in [1.54, 1.807) is 42.7 Å². The van der Waals surface area contributed by atoms with E-state index >= 15 is 0 Å². The van der Waals surface area contributed by atoms with Crippen molar-refractivity contribution < 1.29 is 23.6 Å². The number of ether oxygens (including phenoxy) is 2. The number of methoxy groups -OCH3 is 1. The van der Waals surface area contributed by atoms with Gasteiger partial charge in [-0.15, -0.1) is 0 Å². The number of piperidine rings is 1. The minimum Gasteiger partial charge on any atom is -0.465 e. The van der Waals surface area contributed by atoms with Crippen LogP contribution in [0, 0.1) is 0 Å². The van der Waals surface area contributed by atoms with E-state index in [9.17, 15) is 9.59 Å². The molecular weight excluding hydrogens is 615 g/mol. The standard InChI is InChI=1S/C34H32Cl2N4O5/c1-43-33(41)22-12-21(20-4-3-11-37-17-20)13-23(14-22)38-34(42)40-24-9-10-25(40)16-26(15-24)44-18-27-31(39-45-32(27)19-7-8-19)30-28(35)5-2-6-29(30)36/h2-6,11-14,17,19,24-26H,7-10,15-16,18H2,1H3,(H,38,42)/t24-,25?,26?/m0/s1. The number of carbonyl (C=O) groups excluding carboxylic acids is 2. The number of nitrogens with one attached hydrogen (secondary N) is 1. The van der Waals surface area contributed by atoms with Crippen LogP contribution in [0.5, 0.6) is 0 Å². The molecule has 232 valence electrons. The van der Waals surface area contributed by atoms with Gasteiger partial charge in [0.25, 0.3) is 0 Å². The Kier molecular flexibility index (Phi) is 8.25. The molecule has 4 heterocycles. The van der Waals surface area contributed by atoms with E-state index < -0.39 is 5.97 Å². The quantitative estimate of drug-likeness (QED) is 0.193. The number of pyridine rings is 1. The van der Waals surface area contributed by atoms with E-state index in [-0.39, 0.29) is 24.2 Å². The number of anilines is 1. The number of benzene rings is 2. The van der Waals surface area contributed by atoms with Crippen molar-refractivity contribution in [3.05, 3.63) is 87.9 Å². The Morgan fingerprint density at radius 1 is 1.00 bits per heavy atom. The molecule has 2 aliphatic heterocycles. The second-order valence-electron chi connectivity index (χ2n) is 11.9. The molecule has 2 saturated heterocycles. The van der Waals surface area contributed by atoms with Crippen LogP contribution in [0.1, 0.15) is 66.1 Å². The predicted octanol–water partition coefficient (Wildman–Crippen LogP) is 8.12. The molecule has 0 spiro atoms. The normalized spacial score (nSPS) is 20.7. The van der Waals surface area contributed by atoms with Crippen LogP contribution in [0.15, 0.2) is 65.4 Å². The third-order valence-corrected chi connectivity index (χ3v) is 9.58. The van der Waals surface area contributed by atoms with Crippen LogP contribution in [0.3, 0.4) is 0 Å². The van der Waals surface area contributed by atoms with Gasteiger partial charge in [0.1, 0.15) is 11.5 Å². The maximum Gasteiger partial charge on any atom is 0.337 e. The largest absolute Gasteiger partial charge is 0.465 e. The van der Waals surface area contributed by atoms with Crippen molar-refractivity contribution in [3.63, 3.8) is 0 Å². The van der Waals surface area contributed by atoms with Crippen molar-refractivity contribution in [1.29, 1.82) is 0 Å². The summed E-state index contributed by atoms with van der Waals surface area (Å²) in [6.45, 7) is 0.333. The summed E-state index contributed by atoms with van der Waals surface area (Å²) in [5.41, 5.74) is 4.64. The zero-order valence-corrected chi connectivity index (χ0v) is 26.2. The van der Waals surface area contributed by atoms with Crippen LogP contribution in [0.2, 0.25) is 10.0 Å². The molecule has 2 aromatic heterocycles. The highest BCUT2D eigenvalue weighted by Gasteiger charge is 2.44. The van der Waals surface area contributed by atoms with E-state index in [1.165, 1.54) is 7.11 Å². The fourth-order valence-electron chi connectivity index (χ4n) is 6.67. The van der Waals surface area contributed by atoms with E-state index in [4.69, 9.17) is 37.2 Å². The highest BCUT2D eigenvalue weighted by atomic mass is 35.5. The van der Waals surface area contributed by atoms with Gasteiger partial charge < -0.3 is 24.2 Å². The van der Waals surface area contributed by atoms with Gasteiger partial charge in [-0.3, -0.25) is 4.98 Å². The monoisotopic (exact) mass is 646 g/mol. The zero-order valence-electron chi connectivity index (χ0n) is 24.7. The predicted molar refractivity (Wildman–Crippen MR) is 170 cm³/mol. The summed E-state index contributed by atoms with van der Waals surface area (Å²) < 4.78 is 17.3. The molecule has 1 N–H and O–H groups in total. The topological polar surface area (TPSA) is 107 Å². The van der Waals surface area contributed by atoms with Gasteiger partial charge in [-0.2, -0.15) is 0 Å². The van der Waals surface area contributed by atoms with Gasteiger partial charge in [-0.05, 0) is 80.5 Å². The zero-order chi connectivity index (χ0) is 31.1. The van der Waals surface area contributed by atoms with Gasteiger partial charge in [0, 0.05) is 52.8 Å². The van der Waals surface area contributed by atoms with Crippen LogP contribution in [-0.4, -0.2) is 52.3 Å². The molecule has 2 bridgehead atoms. The van der Waals surface area contributed by atoms with Gasteiger partial charge in [-0.25, -0.2) is 9.59 Å². The number of carbonyl (C=O) groups is 2. The fraction of sp³-hybridized carbons (Fsp3) is 0.353. The lowest BCUT2D eigenvalue weighted by Gasteiger charge is -2.38. The molecule has 1 aliphatic carbocycles. The van der Waals surface area contributed by atoms with Gasteiger partial charge in [0.15, 0.2) is 0 Å². The summed E-state index contributed by atoms with van der Waals surface area (Å²) in [5, 5.41) is 8.46. The number of urea groups is 1. The molecule has 2 unspecified atom stereocenters. The number of amides is 2. The average molecular weight is 648 g/mol. The summed E-state index contributed by atoms with van der Waals surface area (Å²) >= 11 is 13.1. The highest BCUT2D eigenvalue weighted by molar-refractivity contribution is 6.39. The van der Waals surface area contributed by atoms with Crippen LogP contribution >= 0.6 is 23.2 Å². The Morgan fingerprint density at radius 3 is 2.42 bits per heavy atom. The van der Waals surface area contributed by atoms with Gasteiger partial charge in [0.05, 0.1) is 35.4 Å². The third-order valence-electron chi connectivity index (χ3n) is 8.95. The lowest BCUT2D eigenvalue weighted by atomic mass is 9.99. The van der Waals surface area contributed by atoms with Crippen LogP contribution in [0.4, 0.5) is 10.5 Å². The first-order valence-corrected chi connectivity index (χ1v) is 15.9. The van der Waals surface area contributed by atoms with E-state index in [1.807, 2.05) is 23.1 Å². The number of hydrogen-bond acceptors (Lipinski definition) is 7. The second-order valence-corrected chi connectivity index (χ2v) is 12.7. The number of rotatable bonds is 8. The van der Waals surface area contributed by atoms with Crippen molar-refractivity contribution in [2.24, 2.45) is 0 Å². The number of esters is 1. The maximum absolute atomic E-state index is 13.7. The molecule has 2 amide bonds. The average Bonchev–Trinajstić information content (AvgIpc) is 3.75. The summed E-state index contributed by atoms with van der Waals surface area (Å²) in [7, 11) is 1.34.